The van der Waals surface area contributed by atoms with Gasteiger partial charge in [-0.3, -0.25) is 0 Å². The number of primary amides is 1. The van der Waals surface area contributed by atoms with E-state index in [0.29, 0.717) is 13.1 Å². The first kappa shape index (κ1) is 11.8. The van der Waals surface area contributed by atoms with E-state index in [2.05, 4.69) is 16.7 Å². The lowest BCUT2D eigenvalue weighted by molar-refractivity contribution is 0.248. The van der Waals surface area contributed by atoms with Crippen LogP contribution in [0.5, 0.6) is 0 Å². The topological polar surface area (TPSA) is 90.9 Å². The molecule has 2 unspecified atom stereocenters. The largest absolute Gasteiger partial charge is 0.352 e. The van der Waals surface area contributed by atoms with Crippen molar-refractivity contribution in [3.05, 3.63) is 0 Å². The molecule has 0 bridgehead atoms. The van der Waals surface area contributed by atoms with Crippen LogP contribution in [0.2, 0.25) is 0 Å². The van der Waals surface area contributed by atoms with Crippen LogP contribution in [0.15, 0.2) is 0 Å². The lowest BCUT2D eigenvalue weighted by Gasteiger charge is -2.27. The maximum atomic E-state index is 10.4. The minimum atomic E-state index is -0.503. The Morgan fingerprint density at radius 1 is 1.40 bits per heavy atom. The Bertz CT molecular complexity index is 248. The summed E-state index contributed by atoms with van der Waals surface area (Å²) in [5.41, 5.74) is 4.93. The van der Waals surface area contributed by atoms with Gasteiger partial charge in [0.25, 0.3) is 0 Å². The SMILES string of the molecule is N#CC1CCCCC1NCCNC(N)=O. The number of amides is 2. The predicted molar refractivity (Wildman–Crippen MR) is 56.9 cm³/mol. The molecule has 0 aliphatic heterocycles. The molecule has 0 saturated heterocycles. The quantitative estimate of drug-likeness (QED) is 0.584. The fourth-order valence-corrected chi connectivity index (χ4v) is 1.97. The monoisotopic (exact) mass is 210 g/mol. The van der Waals surface area contributed by atoms with Crippen molar-refractivity contribution in [2.24, 2.45) is 11.7 Å². The molecule has 2 atom stereocenters. The van der Waals surface area contributed by atoms with E-state index >= 15 is 0 Å². The summed E-state index contributed by atoms with van der Waals surface area (Å²) < 4.78 is 0. The molecular formula is C10H18N4O. The van der Waals surface area contributed by atoms with E-state index in [1.54, 1.807) is 0 Å². The van der Waals surface area contributed by atoms with E-state index in [0.717, 1.165) is 19.3 Å². The van der Waals surface area contributed by atoms with Crippen molar-refractivity contribution in [2.45, 2.75) is 31.7 Å². The highest BCUT2D eigenvalue weighted by molar-refractivity contribution is 5.71. The summed E-state index contributed by atoms with van der Waals surface area (Å²) in [7, 11) is 0. The second kappa shape index (κ2) is 6.25. The standard InChI is InChI=1S/C10H18N4O/c11-7-8-3-1-2-4-9(8)13-5-6-14-10(12)15/h8-9,13H,1-6H2,(H3,12,14,15). The maximum absolute atomic E-state index is 10.4. The van der Waals surface area contributed by atoms with Crippen LogP contribution in [0.1, 0.15) is 25.7 Å². The highest BCUT2D eigenvalue weighted by Gasteiger charge is 2.23. The zero-order chi connectivity index (χ0) is 11.1. The second-order valence-corrected chi connectivity index (χ2v) is 3.87. The van der Waals surface area contributed by atoms with Crippen LogP contribution in [0.3, 0.4) is 0 Å². The summed E-state index contributed by atoms with van der Waals surface area (Å²) in [5, 5.41) is 14.7. The molecule has 0 aromatic carbocycles. The molecule has 1 fully saturated rings. The number of nitrogens with one attached hydrogen (secondary N) is 2. The number of carbonyl (C=O) groups excluding carboxylic acids is 1. The number of hydrogen-bond acceptors (Lipinski definition) is 3. The van der Waals surface area contributed by atoms with E-state index in [4.69, 9.17) is 11.0 Å². The van der Waals surface area contributed by atoms with Crippen LogP contribution in [0.25, 0.3) is 0 Å². The van der Waals surface area contributed by atoms with Gasteiger partial charge >= 0.3 is 6.03 Å². The summed E-state index contributed by atoms with van der Waals surface area (Å²) in [4.78, 5) is 10.4. The van der Waals surface area contributed by atoms with E-state index in [1.807, 2.05) is 0 Å². The first-order valence-corrected chi connectivity index (χ1v) is 5.40. The number of urea groups is 1. The molecule has 4 N–H and O–H groups in total. The van der Waals surface area contributed by atoms with Gasteiger partial charge in [0.15, 0.2) is 0 Å². The van der Waals surface area contributed by atoms with Crippen molar-refractivity contribution in [2.75, 3.05) is 13.1 Å². The fourth-order valence-electron chi connectivity index (χ4n) is 1.97. The molecule has 0 heterocycles. The minimum Gasteiger partial charge on any atom is -0.352 e. The van der Waals surface area contributed by atoms with Gasteiger partial charge in [0.05, 0.1) is 12.0 Å². The number of carbonyl (C=O) groups is 1. The maximum Gasteiger partial charge on any atom is 0.312 e. The molecule has 1 aliphatic carbocycles. The number of nitrogens with zero attached hydrogens (tertiary/aromatic N) is 1. The molecule has 1 rings (SSSR count). The number of nitriles is 1. The van der Waals surface area contributed by atoms with Crippen LogP contribution in [0.4, 0.5) is 4.79 Å². The Kier molecular flexibility index (Phi) is 4.91. The lowest BCUT2D eigenvalue weighted by atomic mass is 9.85. The third kappa shape index (κ3) is 4.17. The number of hydrogen-bond donors (Lipinski definition) is 3. The van der Waals surface area contributed by atoms with Crippen LogP contribution in [-0.2, 0) is 0 Å². The van der Waals surface area contributed by atoms with Crippen molar-refractivity contribution in [3.8, 4) is 6.07 Å². The Labute approximate surface area is 90.0 Å². The fraction of sp³-hybridized carbons (Fsp3) is 0.800. The van der Waals surface area contributed by atoms with Crippen LogP contribution >= 0.6 is 0 Å². The molecular weight excluding hydrogens is 192 g/mol. The first-order valence-electron chi connectivity index (χ1n) is 5.40. The molecule has 5 heteroatoms. The highest BCUT2D eigenvalue weighted by atomic mass is 16.2. The van der Waals surface area contributed by atoms with Gasteiger partial charge in [0, 0.05) is 19.1 Å². The van der Waals surface area contributed by atoms with E-state index < -0.39 is 6.03 Å². The number of rotatable bonds is 4. The van der Waals surface area contributed by atoms with E-state index in [-0.39, 0.29) is 12.0 Å². The molecule has 84 valence electrons. The summed E-state index contributed by atoms with van der Waals surface area (Å²) in [6, 6.07) is 2.10. The van der Waals surface area contributed by atoms with Crippen LogP contribution in [0, 0.1) is 17.2 Å². The normalized spacial score (nSPS) is 25.5. The van der Waals surface area contributed by atoms with Crippen LogP contribution < -0.4 is 16.4 Å². The van der Waals surface area contributed by atoms with Gasteiger partial charge in [-0.25, -0.2) is 4.79 Å². The lowest BCUT2D eigenvalue weighted by Crippen LogP contribution is -2.42. The highest BCUT2D eigenvalue weighted by Crippen LogP contribution is 2.23. The molecule has 1 saturated carbocycles. The molecule has 2 amide bonds. The van der Waals surface area contributed by atoms with Gasteiger partial charge in [-0.1, -0.05) is 12.8 Å². The van der Waals surface area contributed by atoms with Crippen molar-refractivity contribution in [3.63, 3.8) is 0 Å². The zero-order valence-corrected chi connectivity index (χ0v) is 8.83. The molecule has 0 aromatic rings. The van der Waals surface area contributed by atoms with Crippen LogP contribution in [-0.4, -0.2) is 25.2 Å². The summed E-state index contributed by atoms with van der Waals surface area (Å²) in [6.07, 6.45) is 4.36. The molecule has 0 spiro atoms. The van der Waals surface area contributed by atoms with Crippen molar-refractivity contribution >= 4 is 6.03 Å². The van der Waals surface area contributed by atoms with Gasteiger partial charge in [-0.2, -0.15) is 5.26 Å². The minimum absolute atomic E-state index is 0.118. The Balaban J connectivity index is 2.18. The molecule has 1 aliphatic rings. The van der Waals surface area contributed by atoms with E-state index in [1.165, 1.54) is 6.42 Å². The summed E-state index contributed by atoms with van der Waals surface area (Å²) >= 11 is 0. The molecule has 0 radical (unpaired) electrons. The van der Waals surface area contributed by atoms with Gasteiger partial charge in [-0.05, 0) is 12.8 Å². The Morgan fingerprint density at radius 3 is 2.80 bits per heavy atom. The van der Waals surface area contributed by atoms with E-state index in [9.17, 15) is 4.79 Å². The van der Waals surface area contributed by atoms with Gasteiger partial charge in [0.1, 0.15) is 0 Å². The molecule has 0 aromatic heterocycles. The number of nitrogens with two attached hydrogens (primary N) is 1. The average molecular weight is 210 g/mol. The predicted octanol–water partition coefficient (Wildman–Crippen LogP) is 0.327. The smallest absolute Gasteiger partial charge is 0.312 e. The van der Waals surface area contributed by atoms with Gasteiger partial charge in [-0.15, -0.1) is 0 Å². The second-order valence-electron chi connectivity index (χ2n) is 3.87. The zero-order valence-electron chi connectivity index (χ0n) is 8.83. The van der Waals surface area contributed by atoms with Gasteiger partial charge in [0.2, 0.25) is 0 Å². The molecule has 15 heavy (non-hydrogen) atoms. The Hall–Kier alpha value is -1.28. The Morgan fingerprint density at radius 2 is 2.13 bits per heavy atom. The summed E-state index contributed by atoms with van der Waals surface area (Å²) in [6.45, 7) is 1.19. The first-order chi connectivity index (χ1) is 7.24. The average Bonchev–Trinajstić information content (AvgIpc) is 2.24. The summed E-state index contributed by atoms with van der Waals surface area (Å²) in [5.74, 6) is 0.118. The molecule has 5 nitrogen and oxygen atoms in total. The third-order valence-electron chi connectivity index (χ3n) is 2.76. The van der Waals surface area contributed by atoms with Crippen molar-refractivity contribution < 1.29 is 4.79 Å². The van der Waals surface area contributed by atoms with Gasteiger partial charge < -0.3 is 16.4 Å². The third-order valence-corrected chi connectivity index (χ3v) is 2.76. The van der Waals surface area contributed by atoms with Crippen molar-refractivity contribution in [1.29, 1.82) is 5.26 Å². The van der Waals surface area contributed by atoms with Crippen molar-refractivity contribution in [1.82, 2.24) is 10.6 Å².